The van der Waals surface area contributed by atoms with Gasteiger partial charge in [-0.15, -0.1) is 5.06 Å². The standard InChI is InChI=1S/C42H55N5O9/c1-40(2,3)33(56-47-36(49)30-15-11-12-16-31(30)37(47)50)26-53-29-21-18-27(19-22-29)28-20-23-34(46(10)25-28)45-35(48)32(44-39(52)55-42(7,8)9)17-13-14-24-43-38(51)54-41(4,5)6/h11-12,15-16,18-23,25,32-33H,13-14,17,24,26H2,1-10H3,(H2,43,44,51,52)/p+1/t32-,33-/m0/s1. The van der Waals surface area contributed by atoms with Crippen LogP contribution in [-0.2, 0) is 26.2 Å². The number of rotatable bonds is 14. The normalized spacial score (nSPS) is 14.1. The Balaban J connectivity index is 1.36. The first kappa shape index (κ1) is 43.2. The number of benzene rings is 2. The molecule has 1 aliphatic heterocycles. The second-order valence-electron chi connectivity index (χ2n) is 16.8. The third-order valence-corrected chi connectivity index (χ3v) is 8.52. The van der Waals surface area contributed by atoms with Crippen LogP contribution in [0.25, 0.3) is 11.1 Å². The van der Waals surface area contributed by atoms with Gasteiger partial charge >= 0.3 is 18.1 Å². The second-order valence-corrected chi connectivity index (χ2v) is 16.8. The average Bonchev–Trinajstić information content (AvgIpc) is 3.33. The maximum absolute atomic E-state index is 13.5. The number of alkyl carbamates (subject to hydrolysis) is 2. The van der Waals surface area contributed by atoms with Gasteiger partial charge in [-0.2, -0.15) is 0 Å². The van der Waals surface area contributed by atoms with Crippen LogP contribution in [0.5, 0.6) is 5.75 Å². The van der Waals surface area contributed by atoms with Crippen molar-refractivity contribution in [3.05, 3.63) is 78.0 Å². The lowest BCUT2D eigenvalue weighted by Gasteiger charge is -2.32. The van der Waals surface area contributed by atoms with Gasteiger partial charge in [-0.1, -0.05) is 45.0 Å². The zero-order valence-electron chi connectivity index (χ0n) is 34.1. The van der Waals surface area contributed by atoms with Crippen molar-refractivity contribution in [2.75, 3.05) is 18.5 Å². The zero-order chi connectivity index (χ0) is 41.4. The van der Waals surface area contributed by atoms with E-state index in [2.05, 4.69) is 16.0 Å². The summed E-state index contributed by atoms with van der Waals surface area (Å²) in [6, 6.07) is 16.8. The molecule has 2 heterocycles. The molecule has 2 aromatic carbocycles. The Morgan fingerprint density at radius 1 is 0.750 bits per heavy atom. The number of anilines is 1. The molecule has 0 unspecified atom stereocenters. The van der Waals surface area contributed by atoms with E-state index in [0.717, 1.165) is 16.2 Å². The SMILES string of the molecule is C[n+]1cc(-c2ccc(OC[C@H](ON3C(=O)c4ccccc4C3=O)C(C)(C)C)cc2)ccc1NC(=O)[C@H](CCCCNC(=O)OC(C)(C)C)NC(=O)OC(C)(C)C. The Morgan fingerprint density at radius 2 is 1.32 bits per heavy atom. The van der Waals surface area contributed by atoms with E-state index in [9.17, 15) is 24.0 Å². The number of aromatic nitrogens is 1. The van der Waals surface area contributed by atoms with Crippen LogP contribution < -0.4 is 25.3 Å². The van der Waals surface area contributed by atoms with Gasteiger partial charge in [0.05, 0.1) is 24.4 Å². The van der Waals surface area contributed by atoms with E-state index >= 15 is 0 Å². The predicted molar refractivity (Wildman–Crippen MR) is 210 cm³/mol. The Morgan fingerprint density at radius 3 is 1.88 bits per heavy atom. The lowest BCUT2D eigenvalue weighted by Crippen LogP contribution is -2.47. The largest absolute Gasteiger partial charge is 0.491 e. The van der Waals surface area contributed by atoms with Crippen LogP contribution in [0.2, 0.25) is 0 Å². The Labute approximate surface area is 329 Å². The molecule has 1 aromatic heterocycles. The van der Waals surface area contributed by atoms with Crippen LogP contribution >= 0.6 is 0 Å². The summed E-state index contributed by atoms with van der Waals surface area (Å²) in [5, 5.41) is 9.13. The van der Waals surface area contributed by atoms with Gasteiger partial charge in [0.15, 0.2) is 0 Å². The summed E-state index contributed by atoms with van der Waals surface area (Å²) in [7, 11) is 1.80. The number of nitrogens with one attached hydrogen (secondary N) is 3. The molecule has 4 rings (SSSR count). The first-order chi connectivity index (χ1) is 26.1. The highest BCUT2D eigenvalue weighted by Crippen LogP contribution is 2.30. The molecular formula is C42H56N5O9+. The lowest BCUT2D eigenvalue weighted by atomic mass is 9.89. The minimum absolute atomic E-state index is 0.0896. The van der Waals surface area contributed by atoms with Gasteiger partial charge < -0.3 is 24.8 Å². The number of hydrogen-bond acceptors (Lipinski definition) is 9. The number of ether oxygens (including phenoxy) is 3. The van der Waals surface area contributed by atoms with Crippen molar-refractivity contribution in [1.29, 1.82) is 0 Å². The Hall–Kier alpha value is -5.50. The number of imide groups is 1. The molecule has 0 saturated carbocycles. The first-order valence-corrected chi connectivity index (χ1v) is 18.8. The van der Waals surface area contributed by atoms with Crippen molar-refractivity contribution in [2.24, 2.45) is 12.5 Å². The summed E-state index contributed by atoms with van der Waals surface area (Å²) < 4.78 is 18.5. The molecule has 14 nitrogen and oxygen atoms in total. The number of hydroxylamine groups is 2. The van der Waals surface area contributed by atoms with Crippen LogP contribution in [0.3, 0.4) is 0 Å². The van der Waals surface area contributed by atoms with Gasteiger partial charge in [-0.25, -0.2) is 24.3 Å². The average molecular weight is 775 g/mol. The van der Waals surface area contributed by atoms with Gasteiger partial charge in [0, 0.05) is 18.2 Å². The van der Waals surface area contributed by atoms with Crippen LogP contribution in [0.15, 0.2) is 66.9 Å². The molecule has 0 radical (unpaired) electrons. The molecule has 2 atom stereocenters. The molecule has 56 heavy (non-hydrogen) atoms. The molecule has 14 heteroatoms. The number of pyridine rings is 1. The van der Waals surface area contributed by atoms with E-state index in [1.807, 2.05) is 57.3 Å². The summed E-state index contributed by atoms with van der Waals surface area (Å²) in [5.41, 5.74) is 0.565. The fraction of sp³-hybridized carbons (Fsp3) is 0.476. The van der Waals surface area contributed by atoms with Gasteiger partial charge in [0.25, 0.3) is 17.6 Å². The minimum Gasteiger partial charge on any atom is -0.491 e. The molecule has 3 N–H and O–H groups in total. The monoisotopic (exact) mass is 774 g/mol. The topological polar surface area (TPSA) is 165 Å². The van der Waals surface area contributed by atoms with Crippen molar-refractivity contribution in [3.8, 4) is 16.9 Å². The molecule has 5 amide bonds. The number of carbonyl (C=O) groups excluding carboxylic acids is 5. The van der Waals surface area contributed by atoms with E-state index in [4.69, 9.17) is 19.0 Å². The van der Waals surface area contributed by atoms with Crippen LogP contribution in [0.4, 0.5) is 15.4 Å². The van der Waals surface area contributed by atoms with Crippen molar-refractivity contribution in [3.63, 3.8) is 0 Å². The summed E-state index contributed by atoms with van der Waals surface area (Å²) >= 11 is 0. The highest BCUT2D eigenvalue weighted by Gasteiger charge is 2.40. The van der Waals surface area contributed by atoms with E-state index in [1.54, 1.807) is 83.5 Å². The summed E-state index contributed by atoms with van der Waals surface area (Å²) in [5.74, 6) is -0.330. The first-order valence-electron chi connectivity index (χ1n) is 18.8. The van der Waals surface area contributed by atoms with Crippen molar-refractivity contribution < 1.29 is 47.6 Å². The Kier molecular flexibility index (Phi) is 13.9. The quantitative estimate of drug-likeness (QED) is 0.0916. The molecule has 0 aliphatic carbocycles. The minimum atomic E-state index is -0.894. The van der Waals surface area contributed by atoms with Gasteiger partial charge in [-0.05, 0) is 102 Å². The maximum Gasteiger partial charge on any atom is 0.408 e. The van der Waals surface area contributed by atoms with Gasteiger partial charge in [-0.3, -0.25) is 14.4 Å². The number of hydrogen-bond donors (Lipinski definition) is 3. The molecule has 1 aliphatic rings. The van der Waals surface area contributed by atoms with E-state index in [1.165, 1.54) is 0 Å². The summed E-state index contributed by atoms with van der Waals surface area (Å²) in [6.07, 6.45) is 1.43. The summed E-state index contributed by atoms with van der Waals surface area (Å²) in [4.78, 5) is 69.9. The van der Waals surface area contributed by atoms with E-state index in [0.29, 0.717) is 48.5 Å². The van der Waals surface area contributed by atoms with Crippen molar-refractivity contribution >= 4 is 35.7 Å². The number of nitrogens with zero attached hydrogens (tertiary/aromatic N) is 2. The zero-order valence-corrected chi connectivity index (χ0v) is 34.1. The highest BCUT2D eigenvalue weighted by atomic mass is 16.7. The third kappa shape index (κ3) is 12.5. The number of carbonyl (C=O) groups is 5. The van der Waals surface area contributed by atoms with Crippen LogP contribution in [-0.4, -0.2) is 71.5 Å². The third-order valence-electron chi connectivity index (χ3n) is 8.52. The molecule has 0 saturated heterocycles. The van der Waals surface area contributed by atoms with Gasteiger partial charge in [0.2, 0.25) is 0 Å². The molecule has 0 fully saturated rings. The smallest absolute Gasteiger partial charge is 0.408 e. The van der Waals surface area contributed by atoms with Crippen molar-refractivity contribution in [2.45, 2.75) is 105 Å². The molecule has 0 bridgehead atoms. The number of amides is 5. The Bertz CT molecular complexity index is 1860. The highest BCUT2D eigenvalue weighted by molar-refractivity contribution is 6.20. The van der Waals surface area contributed by atoms with Crippen molar-refractivity contribution in [1.82, 2.24) is 15.7 Å². The molecule has 0 spiro atoms. The summed E-state index contributed by atoms with van der Waals surface area (Å²) in [6.45, 7) is 16.9. The van der Waals surface area contributed by atoms with Gasteiger partial charge in [0.1, 0.15) is 35.7 Å². The number of fused-ring (bicyclic) bond motifs is 1. The fourth-order valence-electron chi connectivity index (χ4n) is 5.56. The van der Waals surface area contributed by atoms with Crippen LogP contribution in [0, 0.1) is 5.41 Å². The van der Waals surface area contributed by atoms with Crippen LogP contribution in [0.1, 0.15) is 102 Å². The molecular weight excluding hydrogens is 718 g/mol. The number of unbranched alkanes of at least 4 members (excludes halogenated alkanes) is 1. The second kappa shape index (κ2) is 18.0. The van der Waals surface area contributed by atoms with E-state index in [-0.39, 0.29) is 6.61 Å². The van der Waals surface area contributed by atoms with E-state index < -0.39 is 58.7 Å². The molecule has 302 valence electrons. The lowest BCUT2D eigenvalue weighted by molar-refractivity contribution is -0.656. The number of aryl methyl sites for hydroxylation is 1. The predicted octanol–water partition coefficient (Wildman–Crippen LogP) is 6.73. The maximum atomic E-state index is 13.5. The fourth-order valence-corrected chi connectivity index (χ4v) is 5.56. The molecule has 3 aromatic rings.